The summed E-state index contributed by atoms with van der Waals surface area (Å²) in [5.74, 6) is 2.59. The Balaban J connectivity index is 3.29. The van der Waals surface area contributed by atoms with Crippen LogP contribution in [0.15, 0.2) is 0 Å². The maximum Gasteiger partial charge on any atom is 0.228 e. The molecule has 1 N–H and O–H groups in total. The number of hydrogen-bond donors (Lipinski definition) is 1. The first-order valence-corrected chi connectivity index (χ1v) is 2.51. The molecule has 0 saturated heterocycles. The van der Waals surface area contributed by atoms with E-state index in [-0.39, 0.29) is 5.91 Å². The monoisotopic (exact) mass is 111 g/mol. The Morgan fingerprint density at radius 2 is 2.38 bits per heavy atom. The van der Waals surface area contributed by atoms with Crippen molar-refractivity contribution >= 4 is 5.91 Å². The average Bonchev–Trinajstić information content (AvgIpc) is 1.66. The van der Waals surface area contributed by atoms with Crippen LogP contribution in [0.2, 0.25) is 0 Å². The molecule has 1 amide bonds. The van der Waals surface area contributed by atoms with Crippen LogP contribution < -0.4 is 5.32 Å². The van der Waals surface area contributed by atoms with E-state index in [2.05, 4.69) is 17.3 Å². The summed E-state index contributed by atoms with van der Waals surface area (Å²) in [4.78, 5) is 10.1. The zero-order chi connectivity index (χ0) is 6.41. The lowest BCUT2D eigenvalue weighted by Gasteiger charge is -1.82. The van der Waals surface area contributed by atoms with Crippen LogP contribution in [0, 0.1) is 12.0 Å². The Morgan fingerprint density at radius 1 is 1.75 bits per heavy atom. The predicted molar refractivity (Wildman–Crippen MR) is 31.9 cm³/mol. The molecule has 0 aromatic carbocycles. The van der Waals surface area contributed by atoms with E-state index in [1.807, 2.05) is 6.92 Å². The second-order valence-electron chi connectivity index (χ2n) is 1.34. The standard InChI is InChI=1S/C6H9NO/c1-3-4-5-7-6(2)8/h3H2,1-2H3,(H,7,8). The summed E-state index contributed by atoms with van der Waals surface area (Å²) >= 11 is 0. The number of nitrogens with one attached hydrogen (secondary N) is 1. The lowest BCUT2D eigenvalue weighted by Crippen LogP contribution is -2.11. The molecule has 0 radical (unpaired) electrons. The summed E-state index contributed by atoms with van der Waals surface area (Å²) in [6, 6.07) is 2.48. The van der Waals surface area contributed by atoms with Gasteiger partial charge in [0.25, 0.3) is 0 Å². The molecule has 0 heterocycles. The van der Waals surface area contributed by atoms with Gasteiger partial charge in [0.05, 0.1) is 0 Å². The van der Waals surface area contributed by atoms with Crippen molar-refractivity contribution in [3.63, 3.8) is 0 Å². The van der Waals surface area contributed by atoms with Gasteiger partial charge in [-0.3, -0.25) is 10.1 Å². The highest BCUT2D eigenvalue weighted by molar-refractivity contribution is 5.74. The molecule has 2 heteroatoms. The minimum Gasteiger partial charge on any atom is -0.285 e. The zero-order valence-electron chi connectivity index (χ0n) is 5.12. The molecule has 0 fully saturated rings. The van der Waals surface area contributed by atoms with Crippen LogP contribution >= 0.6 is 0 Å². The van der Waals surface area contributed by atoms with Gasteiger partial charge in [-0.05, 0) is 0 Å². The third kappa shape index (κ3) is 5.03. The van der Waals surface area contributed by atoms with Crippen LogP contribution in [0.4, 0.5) is 0 Å². The van der Waals surface area contributed by atoms with Crippen LogP contribution in [0.5, 0.6) is 0 Å². The van der Waals surface area contributed by atoms with Gasteiger partial charge in [0, 0.05) is 19.4 Å². The molecule has 0 bridgehead atoms. The van der Waals surface area contributed by atoms with E-state index in [0.717, 1.165) is 6.42 Å². The normalized spacial score (nSPS) is 6.75. The summed E-state index contributed by atoms with van der Waals surface area (Å²) in [6.07, 6.45) is 0.778. The minimum atomic E-state index is -0.106. The predicted octanol–water partition coefficient (Wildman–Crippen LogP) is 0.493. The molecule has 0 saturated carbocycles. The van der Waals surface area contributed by atoms with Crippen molar-refractivity contribution in [1.82, 2.24) is 5.32 Å². The lowest BCUT2D eigenvalue weighted by atomic mass is 10.5. The molecule has 44 valence electrons. The second kappa shape index (κ2) is 4.20. The van der Waals surface area contributed by atoms with E-state index in [9.17, 15) is 4.79 Å². The van der Waals surface area contributed by atoms with Gasteiger partial charge in [0.2, 0.25) is 5.91 Å². The van der Waals surface area contributed by atoms with Crippen molar-refractivity contribution in [3.05, 3.63) is 0 Å². The van der Waals surface area contributed by atoms with Gasteiger partial charge in [-0.15, -0.1) is 0 Å². The Morgan fingerprint density at radius 3 is 2.75 bits per heavy atom. The van der Waals surface area contributed by atoms with E-state index < -0.39 is 0 Å². The van der Waals surface area contributed by atoms with Gasteiger partial charge in [-0.25, -0.2) is 0 Å². The second-order valence-corrected chi connectivity index (χ2v) is 1.34. The fraction of sp³-hybridized carbons (Fsp3) is 0.500. The number of amides is 1. The van der Waals surface area contributed by atoms with E-state index in [0.29, 0.717) is 0 Å². The van der Waals surface area contributed by atoms with Gasteiger partial charge in [-0.1, -0.05) is 12.8 Å². The molecule has 2 nitrogen and oxygen atoms in total. The quantitative estimate of drug-likeness (QED) is 0.358. The molecule has 0 spiro atoms. The van der Waals surface area contributed by atoms with Crippen molar-refractivity contribution in [1.29, 1.82) is 0 Å². The van der Waals surface area contributed by atoms with Crippen molar-refractivity contribution in [2.45, 2.75) is 20.3 Å². The first-order chi connectivity index (χ1) is 3.77. The fourth-order valence-electron chi connectivity index (χ4n) is 0.221. The SMILES string of the molecule is CCC#CNC(C)=O. The summed E-state index contributed by atoms with van der Waals surface area (Å²) in [6.45, 7) is 3.36. The Kier molecular flexibility index (Phi) is 3.69. The number of rotatable bonds is 0. The molecule has 0 unspecified atom stereocenters. The van der Waals surface area contributed by atoms with Crippen LogP contribution in [0.3, 0.4) is 0 Å². The van der Waals surface area contributed by atoms with Crippen LogP contribution in [0.1, 0.15) is 20.3 Å². The summed E-state index contributed by atoms with van der Waals surface area (Å²) in [7, 11) is 0. The van der Waals surface area contributed by atoms with E-state index in [4.69, 9.17) is 0 Å². The summed E-state index contributed by atoms with van der Waals surface area (Å²) in [5, 5.41) is 2.35. The Labute approximate surface area is 49.3 Å². The third-order valence-corrected chi connectivity index (χ3v) is 0.504. The van der Waals surface area contributed by atoms with Crippen molar-refractivity contribution in [2.24, 2.45) is 0 Å². The molecular weight excluding hydrogens is 102 g/mol. The van der Waals surface area contributed by atoms with Crippen LogP contribution in [0.25, 0.3) is 0 Å². The molecule has 0 aliphatic heterocycles. The van der Waals surface area contributed by atoms with Crippen LogP contribution in [-0.4, -0.2) is 5.91 Å². The molecule has 0 aromatic rings. The minimum absolute atomic E-state index is 0.106. The smallest absolute Gasteiger partial charge is 0.228 e. The molecular formula is C6H9NO. The summed E-state index contributed by atoms with van der Waals surface area (Å²) in [5.41, 5.74) is 0. The maximum atomic E-state index is 10.1. The van der Waals surface area contributed by atoms with Gasteiger partial charge >= 0.3 is 0 Å². The van der Waals surface area contributed by atoms with Gasteiger partial charge in [-0.2, -0.15) is 0 Å². The summed E-state index contributed by atoms with van der Waals surface area (Å²) < 4.78 is 0. The van der Waals surface area contributed by atoms with Crippen molar-refractivity contribution in [3.8, 4) is 12.0 Å². The van der Waals surface area contributed by atoms with E-state index >= 15 is 0 Å². The van der Waals surface area contributed by atoms with Gasteiger partial charge < -0.3 is 0 Å². The molecule has 0 aromatic heterocycles. The molecule has 0 rings (SSSR count). The number of carbonyl (C=O) groups is 1. The Hall–Kier alpha value is -0.970. The number of carbonyl (C=O) groups excluding carboxylic acids is 1. The molecule has 0 aliphatic rings. The highest BCUT2D eigenvalue weighted by atomic mass is 16.1. The first kappa shape index (κ1) is 7.03. The maximum absolute atomic E-state index is 10.1. The third-order valence-electron chi connectivity index (χ3n) is 0.504. The first-order valence-electron chi connectivity index (χ1n) is 2.51. The average molecular weight is 111 g/mol. The fourth-order valence-corrected chi connectivity index (χ4v) is 0.221. The van der Waals surface area contributed by atoms with Gasteiger partial charge in [0.1, 0.15) is 0 Å². The van der Waals surface area contributed by atoms with Crippen molar-refractivity contribution < 1.29 is 4.79 Å². The lowest BCUT2D eigenvalue weighted by molar-refractivity contribution is -0.117. The largest absolute Gasteiger partial charge is 0.285 e. The Bertz CT molecular complexity index is 129. The number of hydrogen-bond acceptors (Lipinski definition) is 1. The van der Waals surface area contributed by atoms with E-state index in [1.165, 1.54) is 6.92 Å². The van der Waals surface area contributed by atoms with E-state index in [1.54, 1.807) is 0 Å². The molecule has 8 heavy (non-hydrogen) atoms. The molecule has 0 aliphatic carbocycles. The van der Waals surface area contributed by atoms with Crippen LogP contribution in [-0.2, 0) is 4.79 Å². The highest BCUT2D eigenvalue weighted by Crippen LogP contribution is 1.63. The zero-order valence-corrected chi connectivity index (χ0v) is 5.12. The van der Waals surface area contributed by atoms with Gasteiger partial charge in [0.15, 0.2) is 0 Å². The topological polar surface area (TPSA) is 29.1 Å². The highest BCUT2D eigenvalue weighted by Gasteiger charge is 1.78. The van der Waals surface area contributed by atoms with Crippen molar-refractivity contribution in [2.75, 3.05) is 0 Å². The molecule has 0 atom stereocenters.